The topological polar surface area (TPSA) is 104 Å². The van der Waals surface area contributed by atoms with Gasteiger partial charge in [0.2, 0.25) is 0 Å². The predicted octanol–water partition coefficient (Wildman–Crippen LogP) is 4.47. The van der Waals surface area contributed by atoms with E-state index in [2.05, 4.69) is 15.3 Å². The fraction of sp³-hybridized carbons (Fsp3) is 0.115. The number of aryl methyl sites for hydroxylation is 1. The fourth-order valence-corrected chi connectivity index (χ4v) is 3.59. The first-order valence-electron chi connectivity index (χ1n) is 10.5. The first-order valence-corrected chi connectivity index (χ1v) is 10.9. The number of aromatic nitrogens is 2. The molecule has 1 aromatic heterocycles. The van der Waals surface area contributed by atoms with Gasteiger partial charge in [0.15, 0.2) is 6.61 Å². The third-order valence-corrected chi connectivity index (χ3v) is 5.37. The molecule has 8 heteroatoms. The Morgan fingerprint density at radius 3 is 2.68 bits per heavy atom. The summed E-state index contributed by atoms with van der Waals surface area (Å²) < 4.78 is 5.64. The van der Waals surface area contributed by atoms with Gasteiger partial charge in [-0.3, -0.25) is 4.79 Å². The summed E-state index contributed by atoms with van der Waals surface area (Å²) in [5.74, 6) is 0.381. The largest absolute Gasteiger partial charge is 0.508 e. The summed E-state index contributed by atoms with van der Waals surface area (Å²) in [6.45, 7) is 1.97. The molecule has 0 unspecified atom stereocenters. The molecule has 0 atom stereocenters. The molecule has 1 heterocycles. The molecule has 0 saturated heterocycles. The van der Waals surface area contributed by atoms with Crippen LogP contribution in [0.15, 0.2) is 77.6 Å². The number of nitrogens with one attached hydrogen (secondary N) is 2. The van der Waals surface area contributed by atoms with E-state index in [1.807, 2.05) is 12.1 Å². The van der Waals surface area contributed by atoms with Crippen molar-refractivity contribution in [3.05, 3.63) is 99.4 Å². The van der Waals surface area contributed by atoms with Gasteiger partial charge in [-0.1, -0.05) is 35.9 Å². The normalized spacial score (nSPS) is 10.6. The number of phenolic OH excluding ortho intramolecular Hbond substituents is 1. The number of hydrogen-bond acceptors (Lipinski definition) is 5. The van der Waals surface area contributed by atoms with E-state index in [9.17, 15) is 14.7 Å². The summed E-state index contributed by atoms with van der Waals surface area (Å²) in [5, 5.41) is 13.2. The van der Waals surface area contributed by atoms with Gasteiger partial charge in [0.1, 0.15) is 11.5 Å². The van der Waals surface area contributed by atoms with Gasteiger partial charge in [-0.05, 0) is 72.1 Å². The van der Waals surface area contributed by atoms with Gasteiger partial charge in [-0.25, -0.2) is 4.79 Å². The zero-order valence-electron chi connectivity index (χ0n) is 18.3. The number of aromatic hydroxyl groups is 1. The molecule has 0 bridgehead atoms. The Kier molecular flexibility index (Phi) is 6.94. The van der Waals surface area contributed by atoms with Crippen molar-refractivity contribution in [3.8, 4) is 34.0 Å². The SMILES string of the molecule is Cc1cc(-c2cc(-c3cccc(OCC(=O)NCc4cccc(Cl)c4)c3)nc(=O)[nH]2)ccc1O. The third-order valence-electron chi connectivity index (χ3n) is 5.13. The van der Waals surface area contributed by atoms with Crippen LogP contribution in [0.3, 0.4) is 0 Å². The number of halogens is 1. The Labute approximate surface area is 201 Å². The second-order valence-corrected chi connectivity index (χ2v) is 8.15. The van der Waals surface area contributed by atoms with Crippen LogP contribution in [0.4, 0.5) is 0 Å². The Bertz CT molecular complexity index is 1400. The standard InChI is InChI=1S/C26H22ClN3O4/c1-16-10-19(8-9-24(16)31)23-13-22(29-26(33)30-23)18-5-3-7-21(12-18)34-15-25(32)28-14-17-4-2-6-20(27)11-17/h2-13,31H,14-15H2,1H3,(H,28,32)(H,29,30,33). The molecule has 4 aromatic rings. The monoisotopic (exact) mass is 475 g/mol. The van der Waals surface area contributed by atoms with E-state index in [0.717, 1.165) is 11.1 Å². The van der Waals surface area contributed by atoms with E-state index in [0.29, 0.717) is 39.8 Å². The van der Waals surface area contributed by atoms with Crippen molar-refractivity contribution in [1.29, 1.82) is 0 Å². The molecule has 4 rings (SSSR count). The van der Waals surface area contributed by atoms with Gasteiger partial charge in [0.05, 0.1) is 11.4 Å². The second-order valence-electron chi connectivity index (χ2n) is 7.71. The van der Waals surface area contributed by atoms with Gasteiger partial charge in [0, 0.05) is 17.1 Å². The number of aromatic amines is 1. The van der Waals surface area contributed by atoms with Crippen LogP contribution >= 0.6 is 11.6 Å². The van der Waals surface area contributed by atoms with Crippen molar-refractivity contribution in [2.45, 2.75) is 13.5 Å². The third kappa shape index (κ3) is 5.82. The van der Waals surface area contributed by atoms with Gasteiger partial charge < -0.3 is 20.1 Å². The molecular formula is C26H22ClN3O4. The van der Waals surface area contributed by atoms with Crippen LogP contribution in [0, 0.1) is 6.92 Å². The molecule has 0 aliphatic rings. The summed E-state index contributed by atoms with van der Waals surface area (Å²) in [4.78, 5) is 31.2. The highest BCUT2D eigenvalue weighted by molar-refractivity contribution is 6.30. The maximum absolute atomic E-state index is 12.2. The van der Waals surface area contributed by atoms with Gasteiger partial charge in [-0.15, -0.1) is 0 Å². The minimum atomic E-state index is -0.495. The Morgan fingerprint density at radius 2 is 1.88 bits per heavy atom. The lowest BCUT2D eigenvalue weighted by atomic mass is 10.1. The number of ether oxygens (including phenoxy) is 1. The smallest absolute Gasteiger partial charge is 0.345 e. The van der Waals surface area contributed by atoms with Crippen LogP contribution in [-0.2, 0) is 11.3 Å². The molecule has 172 valence electrons. The molecule has 0 fully saturated rings. The van der Waals surface area contributed by atoms with Crippen LogP contribution < -0.4 is 15.7 Å². The summed E-state index contributed by atoms with van der Waals surface area (Å²) in [6, 6.07) is 21.1. The highest BCUT2D eigenvalue weighted by atomic mass is 35.5. The van der Waals surface area contributed by atoms with Crippen LogP contribution in [0.2, 0.25) is 5.02 Å². The molecule has 0 saturated carbocycles. The second kappa shape index (κ2) is 10.2. The zero-order valence-corrected chi connectivity index (χ0v) is 19.1. The summed E-state index contributed by atoms with van der Waals surface area (Å²) in [6.07, 6.45) is 0. The van der Waals surface area contributed by atoms with Crippen molar-refractivity contribution in [2.75, 3.05) is 6.61 Å². The number of rotatable bonds is 7. The summed E-state index contributed by atoms with van der Waals surface area (Å²) in [7, 11) is 0. The quantitative estimate of drug-likeness (QED) is 0.366. The van der Waals surface area contributed by atoms with E-state index >= 15 is 0 Å². The van der Waals surface area contributed by atoms with E-state index in [4.69, 9.17) is 16.3 Å². The van der Waals surface area contributed by atoms with E-state index < -0.39 is 5.69 Å². The lowest BCUT2D eigenvalue weighted by Gasteiger charge is -2.10. The Balaban J connectivity index is 1.46. The lowest BCUT2D eigenvalue weighted by molar-refractivity contribution is -0.123. The first kappa shape index (κ1) is 23.1. The van der Waals surface area contributed by atoms with Crippen molar-refractivity contribution < 1.29 is 14.6 Å². The van der Waals surface area contributed by atoms with E-state index in [1.54, 1.807) is 67.6 Å². The van der Waals surface area contributed by atoms with Crippen molar-refractivity contribution in [2.24, 2.45) is 0 Å². The maximum atomic E-state index is 12.2. The summed E-state index contributed by atoms with van der Waals surface area (Å²) in [5.41, 5.74) is 3.54. The molecule has 34 heavy (non-hydrogen) atoms. The molecule has 3 aromatic carbocycles. The number of nitrogens with zero attached hydrogens (tertiary/aromatic N) is 1. The molecule has 3 N–H and O–H groups in total. The van der Waals surface area contributed by atoms with Crippen LogP contribution in [-0.4, -0.2) is 27.6 Å². The number of H-pyrrole nitrogens is 1. The number of benzene rings is 3. The number of phenols is 1. The van der Waals surface area contributed by atoms with Crippen molar-refractivity contribution in [3.63, 3.8) is 0 Å². The fourth-order valence-electron chi connectivity index (χ4n) is 3.38. The Hall–Kier alpha value is -4.10. The van der Waals surface area contributed by atoms with E-state index in [-0.39, 0.29) is 18.3 Å². The van der Waals surface area contributed by atoms with Crippen LogP contribution in [0.5, 0.6) is 11.5 Å². The summed E-state index contributed by atoms with van der Waals surface area (Å²) >= 11 is 5.96. The molecule has 0 aliphatic carbocycles. The highest BCUT2D eigenvalue weighted by Crippen LogP contribution is 2.27. The highest BCUT2D eigenvalue weighted by Gasteiger charge is 2.09. The minimum Gasteiger partial charge on any atom is -0.508 e. The zero-order chi connectivity index (χ0) is 24.1. The molecule has 0 aliphatic heterocycles. The predicted molar refractivity (Wildman–Crippen MR) is 131 cm³/mol. The molecule has 7 nitrogen and oxygen atoms in total. The number of hydrogen-bond donors (Lipinski definition) is 3. The molecule has 0 radical (unpaired) electrons. The number of carbonyl (C=O) groups excluding carboxylic acids is 1. The number of carbonyl (C=O) groups is 1. The molecule has 0 spiro atoms. The average molecular weight is 476 g/mol. The lowest BCUT2D eigenvalue weighted by Crippen LogP contribution is -2.28. The minimum absolute atomic E-state index is 0.162. The maximum Gasteiger partial charge on any atom is 0.345 e. The van der Waals surface area contributed by atoms with Gasteiger partial charge >= 0.3 is 5.69 Å². The van der Waals surface area contributed by atoms with E-state index in [1.165, 1.54) is 0 Å². The number of amides is 1. The van der Waals surface area contributed by atoms with Crippen molar-refractivity contribution in [1.82, 2.24) is 15.3 Å². The average Bonchev–Trinajstić information content (AvgIpc) is 2.83. The first-order chi connectivity index (χ1) is 16.4. The van der Waals surface area contributed by atoms with Crippen molar-refractivity contribution >= 4 is 17.5 Å². The van der Waals surface area contributed by atoms with Crippen LogP contribution in [0.1, 0.15) is 11.1 Å². The molecule has 1 amide bonds. The van der Waals surface area contributed by atoms with Gasteiger partial charge in [-0.2, -0.15) is 4.98 Å². The van der Waals surface area contributed by atoms with Gasteiger partial charge in [0.25, 0.3) is 5.91 Å². The molecular weight excluding hydrogens is 454 g/mol. The Morgan fingerprint density at radius 1 is 1.06 bits per heavy atom. The van der Waals surface area contributed by atoms with Crippen LogP contribution in [0.25, 0.3) is 22.5 Å².